The molecule has 0 atom stereocenters. The number of amides is 1. The van der Waals surface area contributed by atoms with Gasteiger partial charge in [-0.25, -0.2) is 8.78 Å². The second-order valence-electron chi connectivity index (χ2n) is 4.16. The van der Waals surface area contributed by atoms with E-state index in [9.17, 15) is 13.6 Å². The third-order valence-electron chi connectivity index (χ3n) is 2.74. The minimum atomic E-state index is -0.963. The van der Waals surface area contributed by atoms with Gasteiger partial charge in [-0.3, -0.25) is 4.79 Å². The molecule has 7 heteroatoms. The molecule has 2 aromatic rings. The smallest absolute Gasteiger partial charge is 0.255 e. The summed E-state index contributed by atoms with van der Waals surface area (Å²) in [6, 6.07) is 5.88. The van der Waals surface area contributed by atoms with Gasteiger partial charge in [0.15, 0.2) is 5.82 Å². The number of nitrogen functional groups attached to an aromatic ring is 1. The number of hydrogen-bond donors (Lipinski definition) is 2. The van der Waals surface area contributed by atoms with Crippen LogP contribution in [0.15, 0.2) is 30.3 Å². The fourth-order valence-electron chi connectivity index (χ4n) is 1.72. The van der Waals surface area contributed by atoms with Crippen molar-refractivity contribution in [1.29, 1.82) is 0 Å². The first-order valence-electron chi connectivity index (χ1n) is 5.81. The number of nitrogens with one attached hydrogen (secondary N) is 1. The minimum Gasteiger partial charge on any atom is -0.495 e. The van der Waals surface area contributed by atoms with E-state index in [-0.39, 0.29) is 22.0 Å². The summed E-state index contributed by atoms with van der Waals surface area (Å²) in [5.74, 6) is -2.01. The fourth-order valence-corrected chi connectivity index (χ4v) is 1.96. The van der Waals surface area contributed by atoms with Gasteiger partial charge < -0.3 is 15.8 Å². The van der Waals surface area contributed by atoms with Crippen molar-refractivity contribution in [3.05, 3.63) is 52.6 Å². The average Bonchev–Trinajstić information content (AvgIpc) is 2.42. The standard InChI is InChI=1S/C14H11ClF2N2O2/c1-21-12-3-2-7(4-11(12)18)14(20)19-13-9(15)5-8(16)6-10(13)17/h2-6H,18H2,1H3,(H,19,20). The summed E-state index contributed by atoms with van der Waals surface area (Å²) in [4.78, 5) is 12.0. The molecule has 110 valence electrons. The number of hydrogen-bond acceptors (Lipinski definition) is 3. The third kappa shape index (κ3) is 3.22. The molecule has 0 aromatic heterocycles. The third-order valence-corrected chi connectivity index (χ3v) is 3.04. The predicted molar refractivity (Wildman–Crippen MR) is 76.7 cm³/mol. The zero-order valence-corrected chi connectivity index (χ0v) is 11.7. The summed E-state index contributed by atoms with van der Waals surface area (Å²) in [5.41, 5.74) is 5.84. The molecule has 2 rings (SSSR count). The van der Waals surface area contributed by atoms with Gasteiger partial charge in [-0.05, 0) is 24.3 Å². The van der Waals surface area contributed by atoms with Crippen LogP contribution in [0.3, 0.4) is 0 Å². The molecule has 0 saturated heterocycles. The van der Waals surface area contributed by atoms with Crippen LogP contribution < -0.4 is 15.8 Å². The Kier molecular flexibility index (Phi) is 4.28. The molecule has 1 amide bonds. The molecule has 2 aromatic carbocycles. The van der Waals surface area contributed by atoms with E-state index >= 15 is 0 Å². The monoisotopic (exact) mass is 312 g/mol. The molecule has 0 aliphatic heterocycles. The van der Waals surface area contributed by atoms with Crippen molar-refractivity contribution >= 4 is 28.9 Å². The largest absolute Gasteiger partial charge is 0.495 e. The molecule has 0 heterocycles. The van der Waals surface area contributed by atoms with Crippen molar-refractivity contribution in [2.75, 3.05) is 18.2 Å². The van der Waals surface area contributed by atoms with E-state index in [1.165, 1.54) is 25.3 Å². The first kappa shape index (κ1) is 15.1. The Morgan fingerprint density at radius 1 is 1.29 bits per heavy atom. The van der Waals surface area contributed by atoms with Crippen LogP contribution in [0.5, 0.6) is 5.75 Å². The summed E-state index contributed by atoms with van der Waals surface area (Å²) in [6.45, 7) is 0. The number of ether oxygens (including phenoxy) is 1. The molecule has 0 aliphatic carbocycles. The van der Waals surface area contributed by atoms with Crippen molar-refractivity contribution in [2.45, 2.75) is 0 Å². The molecule has 3 N–H and O–H groups in total. The highest BCUT2D eigenvalue weighted by Crippen LogP contribution is 2.28. The maximum Gasteiger partial charge on any atom is 0.255 e. The summed E-state index contributed by atoms with van der Waals surface area (Å²) in [7, 11) is 1.44. The van der Waals surface area contributed by atoms with Crippen molar-refractivity contribution in [3.8, 4) is 5.75 Å². The van der Waals surface area contributed by atoms with Gasteiger partial charge >= 0.3 is 0 Å². The molecule has 0 fully saturated rings. The van der Waals surface area contributed by atoms with E-state index in [1.54, 1.807) is 0 Å². The predicted octanol–water partition coefficient (Wildman–Crippen LogP) is 3.46. The quantitative estimate of drug-likeness (QED) is 0.853. The second kappa shape index (κ2) is 5.97. The molecule has 0 radical (unpaired) electrons. The van der Waals surface area contributed by atoms with Crippen LogP contribution in [0.1, 0.15) is 10.4 Å². The van der Waals surface area contributed by atoms with Crippen LogP contribution in [-0.4, -0.2) is 13.0 Å². The highest BCUT2D eigenvalue weighted by molar-refractivity contribution is 6.34. The molecular weight excluding hydrogens is 302 g/mol. The van der Waals surface area contributed by atoms with Gasteiger partial charge in [0.1, 0.15) is 11.6 Å². The number of anilines is 2. The Morgan fingerprint density at radius 2 is 2.00 bits per heavy atom. The Morgan fingerprint density at radius 3 is 2.57 bits per heavy atom. The van der Waals surface area contributed by atoms with E-state index in [1.807, 2.05) is 0 Å². The number of rotatable bonds is 3. The molecule has 21 heavy (non-hydrogen) atoms. The number of halogens is 3. The summed E-state index contributed by atoms with van der Waals surface area (Å²) >= 11 is 5.71. The molecular formula is C14H11ClF2N2O2. The van der Waals surface area contributed by atoms with Gasteiger partial charge in [0, 0.05) is 11.6 Å². The van der Waals surface area contributed by atoms with Gasteiger partial charge in [0.05, 0.1) is 23.5 Å². The molecule has 0 aliphatic rings. The van der Waals surface area contributed by atoms with Gasteiger partial charge in [0.25, 0.3) is 5.91 Å². The zero-order valence-electron chi connectivity index (χ0n) is 10.9. The summed E-state index contributed by atoms with van der Waals surface area (Å²) < 4.78 is 31.5. The Hall–Kier alpha value is -2.34. The molecule has 0 spiro atoms. The van der Waals surface area contributed by atoms with Crippen molar-refractivity contribution in [3.63, 3.8) is 0 Å². The number of benzene rings is 2. The van der Waals surface area contributed by atoms with Gasteiger partial charge in [0.2, 0.25) is 0 Å². The minimum absolute atomic E-state index is 0.188. The first-order valence-corrected chi connectivity index (χ1v) is 6.19. The maximum absolute atomic E-state index is 13.6. The van der Waals surface area contributed by atoms with Crippen LogP contribution >= 0.6 is 11.6 Å². The van der Waals surface area contributed by atoms with Gasteiger partial charge in [-0.1, -0.05) is 11.6 Å². The topological polar surface area (TPSA) is 64.3 Å². The lowest BCUT2D eigenvalue weighted by atomic mass is 10.1. The highest BCUT2D eigenvalue weighted by Gasteiger charge is 2.15. The number of carbonyl (C=O) groups is 1. The highest BCUT2D eigenvalue weighted by atomic mass is 35.5. The lowest BCUT2D eigenvalue weighted by molar-refractivity contribution is 0.102. The fraction of sp³-hybridized carbons (Fsp3) is 0.0714. The van der Waals surface area contributed by atoms with Crippen LogP contribution in [-0.2, 0) is 0 Å². The number of nitrogens with two attached hydrogens (primary N) is 1. The molecule has 4 nitrogen and oxygen atoms in total. The van der Waals surface area contributed by atoms with Crippen LogP contribution in [0.2, 0.25) is 5.02 Å². The van der Waals surface area contributed by atoms with E-state index in [0.29, 0.717) is 11.8 Å². The Bertz CT molecular complexity index is 684. The lowest BCUT2D eigenvalue weighted by Crippen LogP contribution is -2.14. The van der Waals surface area contributed by atoms with E-state index in [4.69, 9.17) is 22.1 Å². The van der Waals surface area contributed by atoms with Gasteiger partial charge in [-0.15, -0.1) is 0 Å². The molecule has 0 unspecified atom stereocenters. The van der Waals surface area contributed by atoms with Crippen molar-refractivity contribution < 1.29 is 18.3 Å². The summed E-state index contributed by atoms with van der Waals surface area (Å²) in [5, 5.41) is 2.04. The zero-order chi connectivity index (χ0) is 15.6. The van der Waals surface area contributed by atoms with E-state index in [0.717, 1.165) is 6.07 Å². The number of methoxy groups -OCH3 is 1. The molecule has 0 bridgehead atoms. The Balaban J connectivity index is 2.28. The second-order valence-corrected chi connectivity index (χ2v) is 4.56. The number of carbonyl (C=O) groups excluding carboxylic acids is 1. The maximum atomic E-state index is 13.6. The average molecular weight is 313 g/mol. The van der Waals surface area contributed by atoms with Crippen molar-refractivity contribution in [1.82, 2.24) is 0 Å². The van der Waals surface area contributed by atoms with Crippen molar-refractivity contribution in [2.24, 2.45) is 0 Å². The van der Waals surface area contributed by atoms with Crippen LogP contribution in [0.4, 0.5) is 20.2 Å². The Labute approximate surface area is 124 Å². The van der Waals surface area contributed by atoms with Crippen LogP contribution in [0.25, 0.3) is 0 Å². The summed E-state index contributed by atoms with van der Waals surface area (Å²) in [6.07, 6.45) is 0. The SMILES string of the molecule is COc1ccc(C(=O)Nc2c(F)cc(F)cc2Cl)cc1N. The first-order chi connectivity index (χ1) is 9.92. The lowest BCUT2D eigenvalue weighted by Gasteiger charge is -2.10. The van der Waals surface area contributed by atoms with Crippen LogP contribution in [0, 0.1) is 11.6 Å². The van der Waals surface area contributed by atoms with E-state index < -0.39 is 17.5 Å². The van der Waals surface area contributed by atoms with E-state index in [2.05, 4.69) is 5.32 Å². The normalized spacial score (nSPS) is 10.3. The molecule has 0 saturated carbocycles. The van der Waals surface area contributed by atoms with Gasteiger partial charge in [-0.2, -0.15) is 0 Å².